The van der Waals surface area contributed by atoms with Gasteiger partial charge >= 0.3 is 0 Å². The van der Waals surface area contributed by atoms with Crippen molar-refractivity contribution in [2.75, 3.05) is 0 Å². The summed E-state index contributed by atoms with van der Waals surface area (Å²) in [6.45, 7) is 0. The molecule has 0 aliphatic heterocycles. The largest absolute Gasteiger partial charge is 0.425 e. The van der Waals surface area contributed by atoms with Crippen molar-refractivity contribution in [1.29, 1.82) is 0 Å². The molecule has 1 aromatic rings. The zero-order valence-electron chi connectivity index (χ0n) is 4.47. The normalized spacial score (nSPS) is 8.00. The summed E-state index contributed by atoms with van der Waals surface area (Å²) >= 11 is 0. The van der Waals surface area contributed by atoms with Crippen LogP contribution in [0.2, 0.25) is 0 Å². The topological polar surface area (TPSA) is 42.2 Å². The molecule has 0 saturated carbocycles. The standard InChI is InChI=1S/C5H5NO2.Fe/c7-5-3-1-2-4-6(5)8;/h1-4,8H;. The van der Waals surface area contributed by atoms with Crippen LogP contribution in [0.1, 0.15) is 0 Å². The minimum Gasteiger partial charge on any atom is -0.425 e. The van der Waals surface area contributed by atoms with E-state index in [1.54, 1.807) is 12.1 Å². The first kappa shape index (κ1) is 8.27. The van der Waals surface area contributed by atoms with E-state index in [0.29, 0.717) is 4.73 Å². The van der Waals surface area contributed by atoms with Crippen molar-refractivity contribution >= 4 is 0 Å². The van der Waals surface area contributed by atoms with Crippen LogP contribution in [0.5, 0.6) is 0 Å². The summed E-state index contributed by atoms with van der Waals surface area (Å²) in [5.41, 5.74) is -0.410. The number of hydrogen-bond acceptors (Lipinski definition) is 2. The summed E-state index contributed by atoms with van der Waals surface area (Å²) in [5.74, 6) is 0. The fourth-order valence-electron chi connectivity index (χ4n) is 0.419. The molecule has 9 heavy (non-hydrogen) atoms. The number of rotatable bonds is 0. The molecule has 0 unspecified atom stereocenters. The summed E-state index contributed by atoms with van der Waals surface area (Å²) < 4.78 is 0.528. The van der Waals surface area contributed by atoms with Gasteiger partial charge in [0.25, 0.3) is 5.56 Å². The molecule has 0 aromatic carbocycles. The van der Waals surface area contributed by atoms with Crippen molar-refractivity contribution in [2.45, 2.75) is 0 Å². The van der Waals surface area contributed by atoms with E-state index < -0.39 is 5.56 Å². The SMILES string of the molecule is O=c1ccccn1O.[Fe]. The molecule has 0 aliphatic carbocycles. The second-order valence-corrected chi connectivity index (χ2v) is 1.38. The molecule has 0 radical (unpaired) electrons. The maximum atomic E-state index is 10.3. The Kier molecular flexibility index (Phi) is 3.06. The van der Waals surface area contributed by atoms with Crippen molar-refractivity contribution in [2.24, 2.45) is 0 Å². The van der Waals surface area contributed by atoms with Gasteiger partial charge in [0.2, 0.25) is 0 Å². The van der Waals surface area contributed by atoms with Gasteiger partial charge in [-0.3, -0.25) is 4.79 Å². The third-order valence-corrected chi connectivity index (χ3v) is 0.803. The van der Waals surface area contributed by atoms with Crippen LogP contribution in [0.25, 0.3) is 0 Å². The van der Waals surface area contributed by atoms with Gasteiger partial charge in [-0.1, -0.05) is 6.07 Å². The van der Waals surface area contributed by atoms with Gasteiger partial charge in [0.05, 0.1) is 0 Å². The Morgan fingerprint density at radius 3 is 2.44 bits per heavy atom. The maximum absolute atomic E-state index is 10.3. The zero-order chi connectivity index (χ0) is 5.98. The molecule has 0 atom stereocenters. The zero-order valence-corrected chi connectivity index (χ0v) is 5.57. The van der Waals surface area contributed by atoms with Crippen molar-refractivity contribution in [3.8, 4) is 0 Å². The third-order valence-electron chi connectivity index (χ3n) is 0.803. The molecule has 0 bridgehead atoms. The monoisotopic (exact) mass is 167 g/mol. The first-order valence-electron chi connectivity index (χ1n) is 2.17. The van der Waals surface area contributed by atoms with Gasteiger partial charge < -0.3 is 5.21 Å². The minimum absolute atomic E-state index is 0. The Balaban J connectivity index is 0.000000640. The van der Waals surface area contributed by atoms with E-state index in [9.17, 15) is 4.79 Å². The van der Waals surface area contributed by atoms with Crippen LogP contribution in [0.3, 0.4) is 0 Å². The molecule has 1 aromatic heterocycles. The molecule has 50 valence electrons. The van der Waals surface area contributed by atoms with Gasteiger partial charge in [0.1, 0.15) is 0 Å². The fourth-order valence-corrected chi connectivity index (χ4v) is 0.419. The molecular weight excluding hydrogens is 162 g/mol. The molecular formula is C5H5FeNO2. The molecule has 0 spiro atoms. The minimum atomic E-state index is -0.410. The molecule has 1 heterocycles. The third kappa shape index (κ3) is 1.91. The number of nitrogens with zero attached hydrogens (tertiary/aromatic N) is 1. The average Bonchev–Trinajstić information content (AvgIpc) is 1.77. The van der Waals surface area contributed by atoms with E-state index >= 15 is 0 Å². The first-order chi connectivity index (χ1) is 3.80. The van der Waals surface area contributed by atoms with Gasteiger partial charge in [0.15, 0.2) is 0 Å². The summed E-state index contributed by atoms with van der Waals surface area (Å²) in [7, 11) is 0. The van der Waals surface area contributed by atoms with E-state index in [2.05, 4.69) is 0 Å². The Bertz CT molecular complexity index is 232. The van der Waals surface area contributed by atoms with Gasteiger partial charge in [-0.2, -0.15) is 4.73 Å². The Morgan fingerprint density at radius 1 is 1.44 bits per heavy atom. The van der Waals surface area contributed by atoms with Gasteiger partial charge in [-0.15, -0.1) is 0 Å². The number of aromatic nitrogens is 1. The molecule has 0 fully saturated rings. The Morgan fingerprint density at radius 2 is 2.11 bits per heavy atom. The van der Waals surface area contributed by atoms with Crippen molar-refractivity contribution in [3.05, 3.63) is 34.7 Å². The molecule has 3 nitrogen and oxygen atoms in total. The Hall–Kier alpha value is -0.731. The molecule has 0 saturated heterocycles. The van der Waals surface area contributed by atoms with Gasteiger partial charge in [-0.25, -0.2) is 0 Å². The van der Waals surface area contributed by atoms with Crippen LogP contribution in [0, 0.1) is 0 Å². The quantitative estimate of drug-likeness (QED) is 0.439. The molecule has 1 rings (SSSR count). The summed E-state index contributed by atoms with van der Waals surface area (Å²) in [6, 6.07) is 4.41. The molecule has 0 amide bonds. The van der Waals surface area contributed by atoms with Crippen LogP contribution >= 0.6 is 0 Å². The van der Waals surface area contributed by atoms with Crippen LogP contribution < -0.4 is 5.56 Å². The average molecular weight is 167 g/mol. The van der Waals surface area contributed by atoms with E-state index in [-0.39, 0.29) is 17.1 Å². The summed E-state index contributed by atoms with van der Waals surface area (Å²) in [5, 5.41) is 8.52. The predicted molar refractivity (Wildman–Crippen MR) is 27.9 cm³/mol. The fraction of sp³-hybridized carbons (Fsp3) is 0. The van der Waals surface area contributed by atoms with E-state index in [1.165, 1.54) is 12.3 Å². The van der Waals surface area contributed by atoms with Crippen LogP contribution in [0.4, 0.5) is 0 Å². The van der Waals surface area contributed by atoms with Crippen molar-refractivity contribution < 1.29 is 22.3 Å². The second-order valence-electron chi connectivity index (χ2n) is 1.38. The van der Waals surface area contributed by atoms with Gasteiger partial charge in [-0.05, 0) is 6.07 Å². The van der Waals surface area contributed by atoms with E-state index in [4.69, 9.17) is 5.21 Å². The first-order valence-corrected chi connectivity index (χ1v) is 2.17. The maximum Gasteiger partial charge on any atom is 0.282 e. The molecule has 4 heteroatoms. The smallest absolute Gasteiger partial charge is 0.282 e. The van der Waals surface area contributed by atoms with Crippen molar-refractivity contribution in [3.63, 3.8) is 0 Å². The van der Waals surface area contributed by atoms with Gasteiger partial charge in [0, 0.05) is 29.3 Å². The predicted octanol–water partition coefficient (Wildman–Crippen LogP) is 0.0831. The van der Waals surface area contributed by atoms with Crippen LogP contribution in [-0.4, -0.2) is 9.94 Å². The summed E-state index contributed by atoms with van der Waals surface area (Å²) in [6.07, 6.45) is 1.28. The second kappa shape index (κ2) is 3.33. The van der Waals surface area contributed by atoms with Crippen molar-refractivity contribution in [1.82, 2.24) is 4.73 Å². The number of pyridine rings is 1. The number of hydrogen-bond donors (Lipinski definition) is 1. The summed E-state index contributed by atoms with van der Waals surface area (Å²) in [4.78, 5) is 10.3. The van der Waals surface area contributed by atoms with Crippen LogP contribution in [0.15, 0.2) is 29.2 Å². The van der Waals surface area contributed by atoms with E-state index in [1.807, 2.05) is 0 Å². The molecule has 1 N–H and O–H groups in total. The molecule has 0 aliphatic rings. The van der Waals surface area contributed by atoms with E-state index in [0.717, 1.165) is 0 Å². The Labute approximate surface area is 62.4 Å². The van der Waals surface area contributed by atoms with Crippen LogP contribution in [-0.2, 0) is 17.1 Å².